The predicted molar refractivity (Wildman–Crippen MR) is 110 cm³/mol. The molecule has 0 aliphatic heterocycles. The lowest BCUT2D eigenvalue weighted by Gasteiger charge is -2.07. The molecule has 0 aliphatic rings. The highest BCUT2D eigenvalue weighted by molar-refractivity contribution is 5.84. The van der Waals surface area contributed by atoms with Gasteiger partial charge in [0, 0.05) is 17.8 Å². The molecule has 2 aromatic carbocycles. The zero-order valence-electron chi connectivity index (χ0n) is 16.2. The molecule has 0 fully saturated rings. The number of amides is 1. The second-order valence-electron chi connectivity index (χ2n) is 6.62. The minimum absolute atomic E-state index is 0.293. The third-order valence-electron chi connectivity index (χ3n) is 4.36. The van der Waals surface area contributed by atoms with Crippen LogP contribution in [-0.2, 0) is 22.5 Å². The summed E-state index contributed by atoms with van der Waals surface area (Å²) in [5.41, 5.74) is 4.65. The van der Waals surface area contributed by atoms with Gasteiger partial charge in [0.05, 0.1) is 5.69 Å². The first-order chi connectivity index (χ1) is 14.1. The maximum atomic E-state index is 11.9. The van der Waals surface area contributed by atoms with Gasteiger partial charge in [0.15, 0.2) is 25.5 Å². The normalized spacial score (nSPS) is 10.1. The van der Waals surface area contributed by atoms with Gasteiger partial charge in [-0.05, 0) is 54.3 Å². The van der Waals surface area contributed by atoms with Crippen molar-refractivity contribution in [1.29, 1.82) is 0 Å². The van der Waals surface area contributed by atoms with Gasteiger partial charge in [0.2, 0.25) is 6.08 Å². The van der Waals surface area contributed by atoms with Crippen LogP contribution in [0.3, 0.4) is 0 Å². The number of nitrogens with zero attached hydrogens (tertiary/aromatic N) is 2. The largest absolute Gasteiger partial charge is 0.443 e. The first kappa shape index (κ1) is 20.0. The number of benzene rings is 2. The fraction of sp³-hybridized carbons (Fsp3) is 0.174. The van der Waals surface area contributed by atoms with Gasteiger partial charge in [0.25, 0.3) is 0 Å². The highest BCUT2D eigenvalue weighted by atomic mass is 16.5. The number of hydrogen-bond donors (Lipinski definition) is 1. The van der Waals surface area contributed by atoms with E-state index in [0.29, 0.717) is 24.5 Å². The molecule has 0 saturated carbocycles. The van der Waals surface area contributed by atoms with Crippen molar-refractivity contribution in [2.24, 2.45) is 4.99 Å². The number of ether oxygens (including phenoxy) is 1. The smallest absolute Gasteiger partial charge is 0.411 e. The summed E-state index contributed by atoms with van der Waals surface area (Å²) in [4.78, 5) is 25.8. The minimum Gasteiger partial charge on any atom is -0.443 e. The van der Waals surface area contributed by atoms with Gasteiger partial charge >= 0.3 is 6.09 Å². The molecule has 3 rings (SSSR count). The maximum Gasteiger partial charge on any atom is 0.411 e. The average Bonchev–Trinajstić information content (AvgIpc) is 2.73. The van der Waals surface area contributed by atoms with Crippen LogP contribution in [0.2, 0.25) is 0 Å². The Labute approximate surface area is 169 Å². The lowest BCUT2D eigenvalue weighted by atomic mass is 10.0. The van der Waals surface area contributed by atoms with Crippen LogP contribution in [0.15, 0.2) is 78.0 Å². The van der Waals surface area contributed by atoms with E-state index >= 15 is 0 Å². The molecule has 1 heterocycles. The van der Waals surface area contributed by atoms with E-state index in [9.17, 15) is 9.59 Å². The second kappa shape index (κ2) is 9.97. The number of isocyanates is 1. The first-order valence-corrected chi connectivity index (χ1v) is 9.27. The van der Waals surface area contributed by atoms with Crippen LogP contribution in [0.5, 0.6) is 0 Å². The van der Waals surface area contributed by atoms with E-state index in [1.165, 1.54) is 11.6 Å². The van der Waals surface area contributed by atoms with E-state index in [1.54, 1.807) is 12.1 Å². The van der Waals surface area contributed by atoms with Gasteiger partial charge in [-0.15, -0.1) is 0 Å². The Kier molecular flexibility index (Phi) is 6.87. The van der Waals surface area contributed by atoms with E-state index in [1.807, 2.05) is 72.4 Å². The lowest BCUT2D eigenvalue weighted by molar-refractivity contribution is -0.697. The number of aryl methyl sites for hydroxylation is 1. The number of aliphatic imine (C=N–C) groups is 1. The molecule has 0 saturated heterocycles. The second-order valence-corrected chi connectivity index (χ2v) is 6.62. The van der Waals surface area contributed by atoms with E-state index in [-0.39, 0.29) is 0 Å². The Morgan fingerprint density at radius 1 is 1.00 bits per heavy atom. The molecule has 1 amide bonds. The molecule has 146 valence electrons. The molecule has 0 spiro atoms. The average molecular weight is 388 g/mol. The van der Waals surface area contributed by atoms with Crippen molar-refractivity contribution in [3.63, 3.8) is 0 Å². The summed E-state index contributed by atoms with van der Waals surface area (Å²) in [7, 11) is 0. The fourth-order valence-corrected chi connectivity index (χ4v) is 2.76. The molecule has 1 N–H and O–H groups in total. The monoisotopic (exact) mass is 388 g/mol. The van der Waals surface area contributed by atoms with Gasteiger partial charge in [-0.2, -0.15) is 4.99 Å². The lowest BCUT2D eigenvalue weighted by Crippen LogP contribution is -2.35. The summed E-state index contributed by atoms with van der Waals surface area (Å²) in [6.45, 7) is 2.92. The number of anilines is 1. The molecular weight excluding hydrogens is 366 g/mol. The van der Waals surface area contributed by atoms with Crippen LogP contribution in [-0.4, -0.2) is 18.8 Å². The standard InChI is InChI=1S/C23H21N3O3/c1-18-10-12-26(13-11-18)14-15-29-23(28)25-22-8-4-20(5-9-22)16-19-2-6-21(7-3-19)24-17-27/h2-13H,14-16H2,1H3/p+1. The van der Waals surface area contributed by atoms with Crippen molar-refractivity contribution >= 4 is 23.5 Å². The molecule has 0 unspecified atom stereocenters. The van der Waals surface area contributed by atoms with Crippen molar-refractivity contribution < 1.29 is 18.9 Å². The van der Waals surface area contributed by atoms with Crippen molar-refractivity contribution in [2.45, 2.75) is 19.9 Å². The predicted octanol–water partition coefficient (Wildman–Crippen LogP) is 4.09. The van der Waals surface area contributed by atoms with Gasteiger partial charge < -0.3 is 4.74 Å². The first-order valence-electron chi connectivity index (χ1n) is 9.27. The van der Waals surface area contributed by atoms with Crippen molar-refractivity contribution in [2.75, 3.05) is 11.9 Å². The minimum atomic E-state index is -0.475. The third kappa shape index (κ3) is 6.41. The summed E-state index contributed by atoms with van der Waals surface area (Å²) in [5.74, 6) is 0. The molecule has 0 aliphatic carbocycles. The van der Waals surface area contributed by atoms with Crippen LogP contribution < -0.4 is 9.88 Å². The van der Waals surface area contributed by atoms with E-state index < -0.39 is 6.09 Å². The molecule has 0 atom stereocenters. The maximum absolute atomic E-state index is 11.9. The Bertz CT molecular complexity index is 991. The number of rotatable bonds is 7. The summed E-state index contributed by atoms with van der Waals surface area (Å²) < 4.78 is 7.20. The van der Waals surface area contributed by atoms with Crippen LogP contribution in [0.4, 0.5) is 16.2 Å². The summed E-state index contributed by atoms with van der Waals surface area (Å²) >= 11 is 0. The Hall–Kier alpha value is -3.76. The van der Waals surface area contributed by atoms with Crippen LogP contribution in [0.25, 0.3) is 0 Å². The van der Waals surface area contributed by atoms with Crippen molar-refractivity contribution in [3.8, 4) is 0 Å². The van der Waals surface area contributed by atoms with Crippen LogP contribution in [0, 0.1) is 6.92 Å². The van der Waals surface area contributed by atoms with Crippen molar-refractivity contribution in [1.82, 2.24) is 0 Å². The Balaban J connectivity index is 1.46. The van der Waals surface area contributed by atoms with Gasteiger partial charge in [-0.1, -0.05) is 24.3 Å². The molecule has 3 aromatic rings. The van der Waals surface area contributed by atoms with E-state index in [2.05, 4.69) is 10.3 Å². The molecule has 0 radical (unpaired) electrons. The number of carbonyl (C=O) groups excluding carboxylic acids is 2. The summed E-state index contributed by atoms with van der Waals surface area (Å²) in [5, 5.41) is 2.73. The van der Waals surface area contributed by atoms with Crippen LogP contribution >= 0.6 is 0 Å². The topological polar surface area (TPSA) is 71.6 Å². The molecule has 29 heavy (non-hydrogen) atoms. The summed E-state index contributed by atoms with van der Waals surface area (Å²) in [6.07, 6.45) is 5.70. The van der Waals surface area contributed by atoms with E-state index in [0.717, 1.165) is 17.5 Å². The zero-order chi connectivity index (χ0) is 20.5. The number of hydrogen-bond acceptors (Lipinski definition) is 4. The zero-order valence-corrected chi connectivity index (χ0v) is 16.2. The highest BCUT2D eigenvalue weighted by Gasteiger charge is 2.06. The number of carbonyl (C=O) groups is 1. The molecule has 6 nitrogen and oxygen atoms in total. The molecular formula is C23H22N3O3+. The Morgan fingerprint density at radius 3 is 2.24 bits per heavy atom. The molecule has 1 aromatic heterocycles. The van der Waals surface area contributed by atoms with Gasteiger partial charge in [0.1, 0.15) is 0 Å². The van der Waals surface area contributed by atoms with Gasteiger partial charge in [-0.25, -0.2) is 14.2 Å². The summed E-state index contributed by atoms with van der Waals surface area (Å²) in [6, 6.07) is 19.0. The van der Waals surface area contributed by atoms with Crippen molar-refractivity contribution in [3.05, 3.63) is 89.7 Å². The number of nitrogens with one attached hydrogen (secondary N) is 1. The number of pyridine rings is 1. The van der Waals surface area contributed by atoms with Crippen LogP contribution in [0.1, 0.15) is 16.7 Å². The third-order valence-corrected chi connectivity index (χ3v) is 4.36. The Morgan fingerprint density at radius 2 is 1.62 bits per heavy atom. The highest BCUT2D eigenvalue weighted by Crippen LogP contribution is 2.17. The van der Waals surface area contributed by atoms with Gasteiger partial charge in [-0.3, -0.25) is 5.32 Å². The van der Waals surface area contributed by atoms with E-state index in [4.69, 9.17) is 4.74 Å². The quantitative estimate of drug-likeness (QED) is 0.376. The molecule has 6 heteroatoms. The number of aromatic nitrogens is 1. The molecule has 0 bridgehead atoms. The SMILES string of the molecule is Cc1cc[n+](CCOC(=O)Nc2ccc(Cc3ccc(N=C=O)cc3)cc2)cc1. The fourth-order valence-electron chi connectivity index (χ4n) is 2.76.